The van der Waals surface area contributed by atoms with Crippen molar-refractivity contribution in [2.45, 2.75) is 6.92 Å². The molecule has 0 saturated carbocycles. The van der Waals surface area contributed by atoms with Crippen molar-refractivity contribution in [3.63, 3.8) is 0 Å². The quantitative estimate of drug-likeness (QED) is 0.739. The molecule has 2 aromatic heterocycles. The number of pyridine rings is 2. The van der Waals surface area contributed by atoms with E-state index in [1.165, 1.54) is 0 Å². The normalized spacial score (nSPS) is 10.1. The van der Waals surface area contributed by atoms with Gasteiger partial charge in [0, 0.05) is 29.2 Å². The molecular formula is C11H11N3. The summed E-state index contributed by atoms with van der Waals surface area (Å²) in [6.07, 6.45) is 3.45. The fraction of sp³-hybridized carbons (Fsp3) is 0.0909. The number of hydrogen-bond acceptors (Lipinski definition) is 3. The van der Waals surface area contributed by atoms with Crippen LogP contribution in [0.5, 0.6) is 0 Å². The smallest absolute Gasteiger partial charge is 0.131 e. The zero-order valence-corrected chi connectivity index (χ0v) is 7.94. The van der Waals surface area contributed by atoms with Gasteiger partial charge < -0.3 is 5.73 Å². The molecule has 0 unspecified atom stereocenters. The van der Waals surface area contributed by atoms with Crippen molar-refractivity contribution in [2.24, 2.45) is 0 Å². The van der Waals surface area contributed by atoms with Crippen molar-refractivity contribution in [2.75, 3.05) is 5.73 Å². The molecule has 0 saturated heterocycles. The second-order valence-electron chi connectivity index (χ2n) is 3.07. The summed E-state index contributed by atoms with van der Waals surface area (Å²) in [5.74, 6) is 0.545. The number of aromatic nitrogens is 2. The van der Waals surface area contributed by atoms with Crippen LogP contribution in [-0.4, -0.2) is 9.97 Å². The first-order valence-corrected chi connectivity index (χ1v) is 4.41. The maximum Gasteiger partial charge on any atom is 0.131 e. The number of aryl methyl sites for hydroxylation is 1. The van der Waals surface area contributed by atoms with Crippen LogP contribution in [0.2, 0.25) is 0 Å². The number of nitrogens with zero attached hydrogens (tertiary/aromatic N) is 2. The Morgan fingerprint density at radius 1 is 1.00 bits per heavy atom. The van der Waals surface area contributed by atoms with Crippen molar-refractivity contribution in [3.8, 4) is 11.1 Å². The number of anilines is 1. The Bertz CT molecular complexity index is 408. The summed E-state index contributed by atoms with van der Waals surface area (Å²) in [5, 5.41) is 0. The van der Waals surface area contributed by atoms with E-state index in [1.807, 2.05) is 31.2 Å². The van der Waals surface area contributed by atoms with Crippen molar-refractivity contribution in [1.82, 2.24) is 9.97 Å². The zero-order valence-electron chi connectivity index (χ0n) is 7.94. The molecule has 0 radical (unpaired) electrons. The van der Waals surface area contributed by atoms with Gasteiger partial charge in [0.25, 0.3) is 0 Å². The number of rotatable bonds is 1. The van der Waals surface area contributed by atoms with E-state index in [4.69, 9.17) is 5.73 Å². The number of hydrogen-bond donors (Lipinski definition) is 1. The molecule has 70 valence electrons. The number of nitrogen functional groups attached to an aromatic ring is 1. The Morgan fingerprint density at radius 3 is 2.29 bits per heavy atom. The highest BCUT2D eigenvalue weighted by Gasteiger charge is 2.05. The van der Waals surface area contributed by atoms with Gasteiger partial charge in [-0.3, -0.25) is 4.98 Å². The fourth-order valence-corrected chi connectivity index (χ4v) is 1.41. The first-order chi connectivity index (χ1) is 6.79. The first kappa shape index (κ1) is 8.69. The van der Waals surface area contributed by atoms with E-state index in [0.29, 0.717) is 5.82 Å². The van der Waals surface area contributed by atoms with Gasteiger partial charge in [0.1, 0.15) is 5.82 Å². The second-order valence-corrected chi connectivity index (χ2v) is 3.07. The van der Waals surface area contributed by atoms with Gasteiger partial charge in [-0.05, 0) is 25.1 Å². The standard InChI is InChI=1S/C11H11N3/c1-8-9(4-2-6-13-8)10-5-3-7-14-11(10)12/h2-7H,1H3,(H2,12,14). The lowest BCUT2D eigenvalue weighted by molar-refractivity contribution is 1.20. The third kappa shape index (κ3) is 1.44. The second kappa shape index (κ2) is 3.46. The van der Waals surface area contributed by atoms with E-state index < -0.39 is 0 Å². The Kier molecular flexibility index (Phi) is 2.14. The van der Waals surface area contributed by atoms with Crippen LogP contribution in [0.25, 0.3) is 11.1 Å². The third-order valence-electron chi connectivity index (χ3n) is 2.14. The summed E-state index contributed by atoms with van der Waals surface area (Å²) < 4.78 is 0. The van der Waals surface area contributed by atoms with Crippen molar-refractivity contribution in [3.05, 3.63) is 42.4 Å². The molecule has 2 rings (SSSR count). The lowest BCUT2D eigenvalue weighted by atomic mass is 10.1. The minimum Gasteiger partial charge on any atom is -0.383 e. The molecule has 2 heterocycles. The lowest BCUT2D eigenvalue weighted by Crippen LogP contribution is -1.95. The predicted octanol–water partition coefficient (Wildman–Crippen LogP) is 2.03. The van der Waals surface area contributed by atoms with Gasteiger partial charge in [-0.2, -0.15) is 0 Å². The van der Waals surface area contributed by atoms with Crippen LogP contribution in [0.3, 0.4) is 0 Å². The zero-order chi connectivity index (χ0) is 9.97. The van der Waals surface area contributed by atoms with Crippen molar-refractivity contribution >= 4 is 5.82 Å². The summed E-state index contributed by atoms with van der Waals surface area (Å²) in [5.41, 5.74) is 8.73. The molecular weight excluding hydrogens is 174 g/mol. The minimum absolute atomic E-state index is 0.545. The van der Waals surface area contributed by atoms with E-state index in [1.54, 1.807) is 12.4 Å². The lowest BCUT2D eigenvalue weighted by Gasteiger charge is -2.06. The Hall–Kier alpha value is -1.90. The van der Waals surface area contributed by atoms with Gasteiger partial charge in [-0.1, -0.05) is 6.07 Å². The van der Waals surface area contributed by atoms with Crippen LogP contribution >= 0.6 is 0 Å². The molecule has 0 aliphatic carbocycles. The van der Waals surface area contributed by atoms with E-state index in [2.05, 4.69) is 9.97 Å². The van der Waals surface area contributed by atoms with Gasteiger partial charge in [0.2, 0.25) is 0 Å². The Labute approximate surface area is 82.6 Å². The minimum atomic E-state index is 0.545. The van der Waals surface area contributed by atoms with Crippen LogP contribution in [-0.2, 0) is 0 Å². The predicted molar refractivity (Wildman–Crippen MR) is 56.6 cm³/mol. The molecule has 0 spiro atoms. The molecule has 14 heavy (non-hydrogen) atoms. The largest absolute Gasteiger partial charge is 0.383 e. The van der Waals surface area contributed by atoms with Gasteiger partial charge in [-0.25, -0.2) is 4.98 Å². The molecule has 0 atom stereocenters. The van der Waals surface area contributed by atoms with Gasteiger partial charge >= 0.3 is 0 Å². The monoisotopic (exact) mass is 185 g/mol. The average Bonchev–Trinajstić information content (AvgIpc) is 2.20. The van der Waals surface area contributed by atoms with Crippen LogP contribution < -0.4 is 5.73 Å². The highest BCUT2D eigenvalue weighted by Crippen LogP contribution is 2.25. The van der Waals surface area contributed by atoms with E-state index >= 15 is 0 Å². The van der Waals surface area contributed by atoms with Crippen LogP contribution in [0, 0.1) is 6.92 Å². The van der Waals surface area contributed by atoms with Crippen molar-refractivity contribution in [1.29, 1.82) is 0 Å². The first-order valence-electron chi connectivity index (χ1n) is 4.41. The summed E-state index contributed by atoms with van der Waals surface area (Å²) in [6, 6.07) is 7.72. The molecule has 3 heteroatoms. The third-order valence-corrected chi connectivity index (χ3v) is 2.14. The van der Waals surface area contributed by atoms with E-state index in [-0.39, 0.29) is 0 Å². The molecule has 0 amide bonds. The Morgan fingerprint density at radius 2 is 1.64 bits per heavy atom. The van der Waals surface area contributed by atoms with Crippen molar-refractivity contribution < 1.29 is 0 Å². The molecule has 3 nitrogen and oxygen atoms in total. The number of nitrogens with two attached hydrogens (primary N) is 1. The molecule has 0 aliphatic heterocycles. The Balaban J connectivity index is 2.61. The summed E-state index contributed by atoms with van der Waals surface area (Å²) >= 11 is 0. The summed E-state index contributed by atoms with van der Waals surface area (Å²) in [7, 11) is 0. The highest BCUT2D eigenvalue weighted by molar-refractivity contribution is 5.74. The molecule has 2 aromatic rings. The fourth-order valence-electron chi connectivity index (χ4n) is 1.41. The van der Waals surface area contributed by atoms with E-state index in [9.17, 15) is 0 Å². The summed E-state index contributed by atoms with van der Waals surface area (Å²) in [4.78, 5) is 8.26. The maximum absolute atomic E-state index is 5.78. The highest BCUT2D eigenvalue weighted by atomic mass is 14.8. The molecule has 2 N–H and O–H groups in total. The van der Waals surface area contributed by atoms with Crippen LogP contribution in [0.4, 0.5) is 5.82 Å². The van der Waals surface area contributed by atoms with Crippen LogP contribution in [0.15, 0.2) is 36.7 Å². The molecule has 0 aromatic carbocycles. The van der Waals surface area contributed by atoms with E-state index in [0.717, 1.165) is 16.8 Å². The maximum atomic E-state index is 5.78. The molecule has 0 aliphatic rings. The van der Waals surface area contributed by atoms with Gasteiger partial charge in [0.15, 0.2) is 0 Å². The summed E-state index contributed by atoms with van der Waals surface area (Å²) in [6.45, 7) is 1.96. The topological polar surface area (TPSA) is 51.8 Å². The van der Waals surface area contributed by atoms with Gasteiger partial charge in [0.05, 0.1) is 0 Å². The molecule has 0 fully saturated rings. The average molecular weight is 185 g/mol. The SMILES string of the molecule is Cc1ncccc1-c1cccnc1N. The van der Waals surface area contributed by atoms with Gasteiger partial charge in [-0.15, -0.1) is 0 Å². The van der Waals surface area contributed by atoms with Crippen LogP contribution in [0.1, 0.15) is 5.69 Å². The molecule has 0 bridgehead atoms.